The smallest absolute Gasteiger partial charge is 0.138 e. The summed E-state index contributed by atoms with van der Waals surface area (Å²) in [7, 11) is 0. The number of aromatic nitrogens is 1. The Balaban J connectivity index is 1.91. The van der Waals surface area contributed by atoms with Crippen molar-refractivity contribution in [2.75, 3.05) is 13.2 Å². The van der Waals surface area contributed by atoms with Crippen LogP contribution in [0.5, 0.6) is 11.5 Å². The average molecular weight is 300 g/mol. The molecule has 2 aromatic rings. The number of nitriles is 1. The van der Waals surface area contributed by atoms with E-state index in [0.29, 0.717) is 25.4 Å². The molecule has 0 aliphatic heterocycles. The third-order valence-corrected chi connectivity index (χ3v) is 3.40. The zero-order chi connectivity index (χ0) is 15.9. The SMILES string of the molecule is CCOc1ccc(OCCC(C#N)c2c(C)noc2C)cc1. The topological polar surface area (TPSA) is 68.3 Å². The van der Waals surface area contributed by atoms with Crippen LogP contribution in [0.3, 0.4) is 0 Å². The first-order chi connectivity index (χ1) is 10.7. The van der Waals surface area contributed by atoms with Crippen LogP contribution in [0.2, 0.25) is 0 Å². The van der Waals surface area contributed by atoms with E-state index in [0.717, 1.165) is 22.8 Å². The van der Waals surface area contributed by atoms with Crippen LogP contribution in [0, 0.1) is 25.2 Å². The lowest BCUT2D eigenvalue weighted by Gasteiger charge is -2.11. The molecule has 1 aromatic heterocycles. The standard InChI is InChI=1S/C17H20N2O3/c1-4-20-15-5-7-16(8-6-15)21-10-9-14(11-18)17-12(2)19-22-13(17)3/h5-8,14H,4,9-10H2,1-3H3. The van der Waals surface area contributed by atoms with Gasteiger partial charge in [-0.05, 0) is 45.0 Å². The van der Waals surface area contributed by atoms with Gasteiger partial charge in [0.2, 0.25) is 0 Å². The molecule has 0 bridgehead atoms. The molecule has 116 valence electrons. The van der Waals surface area contributed by atoms with Crippen molar-refractivity contribution in [3.63, 3.8) is 0 Å². The van der Waals surface area contributed by atoms with Crippen molar-refractivity contribution in [2.45, 2.75) is 33.1 Å². The lowest BCUT2D eigenvalue weighted by atomic mass is 9.96. The molecule has 0 aliphatic carbocycles. The minimum atomic E-state index is -0.269. The average Bonchev–Trinajstić information content (AvgIpc) is 2.85. The zero-order valence-electron chi connectivity index (χ0n) is 13.1. The summed E-state index contributed by atoms with van der Waals surface area (Å²) in [4.78, 5) is 0. The van der Waals surface area contributed by atoms with E-state index in [2.05, 4.69) is 11.2 Å². The van der Waals surface area contributed by atoms with Crippen molar-refractivity contribution in [3.8, 4) is 17.6 Å². The molecule has 0 radical (unpaired) electrons. The summed E-state index contributed by atoms with van der Waals surface area (Å²) in [5.74, 6) is 2.01. The van der Waals surface area contributed by atoms with Gasteiger partial charge in [0.25, 0.3) is 0 Å². The van der Waals surface area contributed by atoms with E-state index in [4.69, 9.17) is 14.0 Å². The van der Waals surface area contributed by atoms with Crippen LogP contribution < -0.4 is 9.47 Å². The number of hydrogen-bond acceptors (Lipinski definition) is 5. The van der Waals surface area contributed by atoms with Crippen LogP contribution in [0.4, 0.5) is 0 Å². The fourth-order valence-corrected chi connectivity index (χ4v) is 2.35. The second kappa shape index (κ2) is 7.51. The van der Waals surface area contributed by atoms with Gasteiger partial charge in [-0.3, -0.25) is 0 Å². The number of benzene rings is 1. The predicted molar refractivity (Wildman–Crippen MR) is 82.1 cm³/mol. The largest absolute Gasteiger partial charge is 0.494 e. The van der Waals surface area contributed by atoms with E-state index < -0.39 is 0 Å². The first kappa shape index (κ1) is 15.9. The van der Waals surface area contributed by atoms with Crippen LogP contribution in [-0.2, 0) is 0 Å². The molecule has 1 unspecified atom stereocenters. The van der Waals surface area contributed by atoms with E-state index >= 15 is 0 Å². The van der Waals surface area contributed by atoms with Gasteiger partial charge in [0.15, 0.2) is 0 Å². The molecule has 0 saturated carbocycles. The summed E-state index contributed by atoms with van der Waals surface area (Å²) < 4.78 is 16.2. The fourth-order valence-electron chi connectivity index (χ4n) is 2.35. The molecule has 0 spiro atoms. The van der Waals surface area contributed by atoms with Crippen molar-refractivity contribution in [2.24, 2.45) is 0 Å². The molecule has 22 heavy (non-hydrogen) atoms. The number of rotatable bonds is 7. The Bertz CT molecular complexity index is 621. The third-order valence-electron chi connectivity index (χ3n) is 3.40. The second-order valence-electron chi connectivity index (χ2n) is 4.96. The molecule has 0 N–H and O–H groups in total. The normalized spacial score (nSPS) is 11.7. The molecule has 0 aliphatic rings. The Morgan fingerprint density at radius 3 is 2.32 bits per heavy atom. The highest BCUT2D eigenvalue weighted by atomic mass is 16.5. The van der Waals surface area contributed by atoms with Crippen LogP contribution in [0.25, 0.3) is 0 Å². The van der Waals surface area contributed by atoms with Gasteiger partial charge in [-0.25, -0.2) is 0 Å². The van der Waals surface area contributed by atoms with Crippen LogP contribution in [0.15, 0.2) is 28.8 Å². The zero-order valence-corrected chi connectivity index (χ0v) is 13.1. The summed E-state index contributed by atoms with van der Waals surface area (Å²) in [6.07, 6.45) is 0.590. The molecule has 1 aromatic carbocycles. The van der Waals surface area contributed by atoms with Crippen molar-refractivity contribution in [3.05, 3.63) is 41.3 Å². The van der Waals surface area contributed by atoms with E-state index in [-0.39, 0.29) is 5.92 Å². The molecule has 5 nitrogen and oxygen atoms in total. The van der Waals surface area contributed by atoms with Crippen molar-refractivity contribution < 1.29 is 14.0 Å². The molecular formula is C17H20N2O3. The van der Waals surface area contributed by atoms with E-state index in [1.165, 1.54) is 0 Å². The minimum absolute atomic E-state index is 0.269. The first-order valence-electron chi connectivity index (χ1n) is 7.33. The maximum Gasteiger partial charge on any atom is 0.138 e. The molecule has 0 saturated heterocycles. The highest BCUT2D eigenvalue weighted by Gasteiger charge is 2.20. The van der Waals surface area contributed by atoms with Crippen molar-refractivity contribution >= 4 is 0 Å². The fraction of sp³-hybridized carbons (Fsp3) is 0.412. The number of hydrogen-bond donors (Lipinski definition) is 0. The molecular weight excluding hydrogens is 280 g/mol. The summed E-state index contributed by atoms with van der Waals surface area (Å²) in [5.41, 5.74) is 1.64. The number of ether oxygens (including phenoxy) is 2. The first-order valence-corrected chi connectivity index (χ1v) is 7.33. The van der Waals surface area contributed by atoms with Gasteiger partial charge in [-0.15, -0.1) is 0 Å². The van der Waals surface area contributed by atoms with Crippen LogP contribution in [0.1, 0.15) is 36.3 Å². The lowest BCUT2D eigenvalue weighted by molar-refractivity contribution is 0.303. The van der Waals surface area contributed by atoms with Gasteiger partial charge < -0.3 is 14.0 Å². The Morgan fingerprint density at radius 1 is 1.18 bits per heavy atom. The molecule has 5 heteroatoms. The van der Waals surface area contributed by atoms with Gasteiger partial charge in [-0.2, -0.15) is 5.26 Å². The van der Waals surface area contributed by atoms with Crippen LogP contribution in [-0.4, -0.2) is 18.4 Å². The Hall–Kier alpha value is -2.48. The highest BCUT2D eigenvalue weighted by molar-refractivity contribution is 5.32. The van der Waals surface area contributed by atoms with Gasteiger partial charge in [-0.1, -0.05) is 5.16 Å². The summed E-state index contributed by atoms with van der Waals surface area (Å²) in [6.45, 7) is 6.72. The van der Waals surface area contributed by atoms with Gasteiger partial charge in [0, 0.05) is 12.0 Å². The minimum Gasteiger partial charge on any atom is -0.494 e. The molecule has 2 rings (SSSR count). The lowest BCUT2D eigenvalue weighted by Crippen LogP contribution is -2.06. The third kappa shape index (κ3) is 3.79. The van der Waals surface area contributed by atoms with E-state index in [9.17, 15) is 5.26 Å². The highest BCUT2D eigenvalue weighted by Crippen LogP contribution is 2.26. The van der Waals surface area contributed by atoms with Crippen LogP contribution >= 0.6 is 0 Å². The van der Waals surface area contributed by atoms with Gasteiger partial charge in [0.1, 0.15) is 17.3 Å². The quantitative estimate of drug-likeness (QED) is 0.778. The predicted octanol–water partition coefficient (Wildman–Crippen LogP) is 3.77. The second-order valence-corrected chi connectivity index (χ2v) is 4.96. The molecule has 0 fully saturated rings. The molecule has 1 heterocycles. The molecule has 1 atom stereocenters. The monoisotopic (exact) mass is 300 g/mol. The Morgan fingerprint density at radius 2 is 1.82 bits per heavy atom. The number of aryl methyl sites for hydroxylation is 2. The van der Waals surface area contributed by atoms with E-state index in [1.54, 1.807) is 0 Å². The van der Waals surface area contributed by atoms with Crippen molar-refractivity contribution in [1.82, 2.24) is 5.16 Å². The number of nitrogens with zero attached hydrogens (tertiary/aromatic N) is 2. The van der Waals surface area contributed by atoms with Crippen molar-refractivity contribution in [1.29, 1.82) is 5.26 Å². The van der Waals surface area contributed by atoms with E-state index in [1.807, 2.05) is 45.0 Å². The Labute approximate surface area is 130 Å². The summed E-state index contributed by atoms with van der Waals surface area (Å²) >= 11 is 0. The maximum absolute atomic E-state index is 9.35. The maximum atomic E-state index is 9.35. The Kier molecular flexibility index (Phi) is 5.42. The summed E-state index contributed by atoms with van der Waals surface area (Å²) in [5, 5.41) is 13.2. The van der Waals surface area contributed by atoms with Gasteiger partial charge in [0.05, 0.1) is 30.9 Å². The summed E-state index contributed by atoms with van der Waals surface area (Å²) in [6, 6.07) is 9.76. The molecule has 0 amide bonds. The van der Waals surface area contributed by atoms with Gasteiger partial charge >= 0.3 is 0 Å².